The molecule has 0 N–H and O–H groups in total. The molecule has 2 aromatic carbocycles. The smallest absolute Gasteiger partial charge is 0.342 e. The average Bonchev–Trinajstić information content (AvgIpc) is 2.48. The maximum Gasteiger partial charge on any atom is 0.342 e. The Kier molecular flexibility index (Phi) is 4.41. The second-order valence-electron chi connectivity index (χ2n) is 4.13. The van der Waals surface area contributed by atoms with Gasteiger partial charge in [0.15, 0.2) is 0 Å². The van der Waals surface area contributed by atoms with E-state index in [-0.39, 0.29) is 11.3 Å². The lowest BCUT2D eigenvalue weighted by Crippen LogP contribution is -2.12. The van der Waals surface area contributed by atoms with E-state index in [0.29, 0.717) is 12.1 Å². The van der Waals surface area contributed by atoms with Crippen molar-refractivity contribution in [3.05, 3.63) is 59.7 Å². The summed E-state index contributed by atoms with van der Waals surface area (Å²) in [5.41, 5.74) is 0.0508. The van der Waals surface area contributed by atoms with Crippen molar-refractivity contribution in [2.24, 2.45) is 0 Å². The van der Waals surface area contributed by atoms with Crippen LogP contribution in [0.25, 0.3) is 0 Å². The molecule has 0 aromatic heterocycles. The van der Waals surface area contributed by atoms with E-state index in [9.17, 15) is 22.0 Å². The number of ether oxygens (including phenoxy) is 1. The number of hydrogen-bond donors (Lipinski definition) is 0. The summed E-state index contributed by atoms with van der Waals surface area (Å²) < 4.78 is 59.8. The summed E-state index contributed by atoms with van der Waals surface area (Å²) in [4.78, 5) is 10.4. The fourth-order valence-electron chi connectivity index (χ4n) is 1.63. The van der Waals surface area contributed by atoms with Crippen molar-refractivity contribution in [1.82, 2.24) is 0 Å². The van der Waals surface area contributed by atoms with Crippen LogP contribution >= 0.6 is 0 Å². The van der Waals surface area contributed by atoms with Gasteiger partial charge in [-0.15, -0.1) is 0 Å². The van der Waals surface area contributed by atoms with Gasteiger partial charge in [-0.05, 0) is 36.4 Å². The van der Waals surface area contributed by atoms with E-state index in [2.05, 4.69) is 4.74 Å². The van der Waals surface area contributed by atoms with Gasteiger partial charge in [-0.1, -0.05) is 6.07 Å². The van der Waals surface area contributed by atoms with Crippen molar-refractivity contribution in [1.29, 1.82) is 0 Å². The Morgan fingerprint density at radius 1 is 1.09 bits per heavy atom. The molecule has 0 fully saturated rings. The van der Waals surface area contributed by atoms with Gasteiger partial charge in [-0.3, -0.25) is 0 Å². The Morgan fingerprint density at radius 3 is 2.50 bits per heavy atom. The van der Waals surface area contributed by atoms with Gasteiger partial charge in [0.25, 0.3) is 0 Å². The van der Waals surface area contributed by atoms with Gasteiger partial charge < -0.3 is 8.92 Å². The molecule has 0 atom stereocenters. The first-order chi connectivity index (χ1) is 10.3. The Labute approximate surface area is 125 Å². The lowest BCUT2D eigenvalue weighted by Gasteiger charge is -2.08. The van der Waals surface area contributed by atoms with Crippen molar-refractivity contribution in [3.8, 4) is 5.75 Å². The van der Waals surface area contributed by atoms with Gasteiger partial charge in [0.05, 0.1) is 12.7 Å². The zero-order valence-electron chi connectivity index (χ0n) is 11.2. The molecule has 0 saturated heterocycles. The van der Waals surface area contributed by atoms with Crippen molar-refractivity contribution in [2.45, 2.75) is 4.90 Å². The van der Waals surface area contributed by atoms with E-state index in [0.717, 1.165) is 19.2 Å². The van der Waals surface area contributed by atoms with Gasteiger partial charge >= 0.3 is 16.1 Å². The van der Waals surface area contributed by atoms with Gasteiger partial charge in [0.1, 0.15) is 22.3 Å². The molecule has 2 rings (SSSR count). The molecule has 2 aromatic rings. The number of halogens is 2. The minimum atomic E-state index is -4.58. The first kappa shape index (κ1) is 15.9. The van der Waals surface area contributed by atoms with Gasteiger partial charge in [0.2, 0.25) is 0 Å². The van der Waals surface area contributed by atoms with Crippen LogP contribution in [0, 0.1) is 11.6 Å². The van der Waals surface area contributed by atoms with E-state index in [1.807, 2.05) is 0 Å². The minimum Gasteiger partial charge on any atom is -0.465 e. The molecular weight excluding hydrogens is 318 g/mol. The molecule has 22 heavy (non-hydrogen) atoms. The van der Waals surface area contributed by atoms with Gasteiger partial charge in [0, 0.05) is 0 Å². The summed E-state index contributed by atoms with van der Waals surface area (Å²) in [6.45, 7) is 0. The molecule has 8 heteroatoms. The van der Waals surface area contributed by atoms with Gasteiger partial charge in [-0.2, -0.15) is 8.42 Å². The van der Waals surface area contributed by atoms with E-state index >= 15 is 0 Å². The molecule has 0 aliphatic rings. The standard InChI is InChI=1S/C14H10F2O5S/c1-20-14(17)9-3-2-4-11(7-9)21-22(18,19)13-8-10(15)5-6-12(13)16/h2-8H,1H3. The largest absolute Gasteiger partial charge is 0.465 e. The van der Waals surface area contributed by atoms with Crippen LogP contribution in [0.2, 0.25) is 0 Å². The topological polar surface area (TPSA) is 69.7 Å². The molecule has 0 saturated carbocycles. The highest BCUT2D eigenvalue weighted by Gasteiger charge is 2.22. The van der Waals surface area contributed by atoms with Crippen LogP contribution in [0.3, 0.4) is 0 Å². The first-order valence-corrected chi connectivity index (χ1v) is 7.32. The number of benzene rings is 2. The molecule has 116 valence electrons. The molecule has 0 bridgehead atoms. The number of carbonyl (C=O) groups is 1. The summed E-state index contributed by atoms with van der Waals surface area (Å²) in [5.74, 6) is -3.00. The summed E-state index contributed by atoms with van der Waals surface area (Å²) in [6, 6.07) is 7.08. The quantitative estimate of drug-likeness (QED) is 0.637. The monoisotopic (exact) mass is 328 g/mol. The Morgan fingerprint density at radius 2 is 1.82 bits per heavy atom. The van der Waals surface area contributed by atoms with E-state index in [4.69, 9.17) is 4.18 Å². The van der Waals surface area contributed by atoms with Gasteiger partial charge in [-0.25, -0.2) is 13.6 Å². The third kappa shape index (κ3) is 3.40. The summed E-state index contributed by atoms with van der Waals surface area (Å²) in [6.07, 6.45) is 0. The lowest BCUT2D eigenvalue weighted by molar-refractivity contribution is 0.0600. The molecular formula is C14H10F2O5S. The third-order valence-corrected chi connectivity index (χ3v) is 3.89. The second kappa shape index (κ2) is 6.10. The average molecular weight is 328 g/mol. The molecule has 0 amide bonds. The summed E-state index contributed by atoms with van der Waals surface area (Å²) >= 11 is 0. The van der Waals surface area contributed by atoms with E-state index < -0.39 is 32.6 Å². The number of carbonyl (C=O) groups excluding carboxylic acids is 1. The zero-order chi connectivity index (χ0) is 16.3. The predicted molar refractivity (Wildman–Crippen MR) is 72.0 cm³/mol. The predicted octanol–water partition coefficient (Wildman–Crippen LogP) is 2.52. The van der Waals surface area contributed by atoms with Crippen LogP contribution < -0.4 is 4.18 Å². The molecule has 0 unspecified atom stereocenters. The van der Waals surface area contributed by atoms with Crippen LogP contribution in [-0.4, -0.2) is 21.5 Å². The van der Waals surface area contributed by atoms with E-state index in [1.165, 1.54) is 18.2 Å². The number of esters is 1. The third-order valence-electron chi connectivity index (χ3n) is 2.62. The maximum absolute atomic E-state index is 13.5. The van der Waals surface area contributed by atoms with Crippen molar-refractivity contribution < 1.29 is 30.9 Å². The maximum atomic E-state index is 13.5. The fourth-order valence-corrected chi connectivity index (χ4v) is 2.64. The highest BCUT2D eigenvalue weighted by atomic mass is 32.2. The molecule has 0 heterocycles. The second-order valence-corrected chi connectivity index (χ2v) is 5.65. The molecule has 5 nitrogen and oxygen atoms in total. The number of hydrogen-bond acceptors (Lipinski definition) is 5. The summed E-state index contributed by atoms with van der Waals surface area (Å²) in [7, 11) is -3.42. The zero-order valence-corrected chi connectivity index (χ0v) is 12.1. The van der Waals surface area contributed by atoms with E-state index in [1.54, 1.807) is 0 Å². The van der Waals surface area contributed by atoms with Crippen LogP contribution in [0.5, 0.6) is 5.75 Å². The normalized spacial score (nSPS) is 11.0. The molecule has 0 spiro atoms. The minimum absolute atomic E-state index is 0.0508. The molecule has 0 aliphatic carbocycles. The van der Waals surface area contributed by atoms with Crippen LogP contribution in [0.4, 0.5) is 8.78 Å². The van der Waals surface area contributed by atoms with Crippen molar-refractivity contribution >= 4 is 16.1 Å². The highest BCUT2D eigenvalue weighted by Crippen LogP contribution is 2.22. The SMILES string of the molecule is COC(=O)c1cccc(OS(=O)(=O)c2cc(F)ccc2F)c1. The summed E-state index contributed by atoms with van der Waals surface area (Å²) in [5, 5.41) is 0. The Balaban J connectivity index is 2.37. The van der Waals surface area contributed by atoms with Crippen molar-refractivity contribution in [3.63, 3.8) is 0 Å². The highest BCUT2D eigenvalue weighted by molar-refractivity contribution is 7.87. The first-order valence-electron chi connectivity index (χ1n) is 5.91. The van der Waals surface area contributed by atoms with Crippen LogP contribution in [0.15, 0.2) is 47.4 Å². The Hall–Kier alpha value is -2.48. The molecule has 0 radical (unpaired) electrons. The number of rotatable bonds is 4. The van der Waals surface area contributed by atoms with Crippen LogP contribution in [-0.2, 0) is 14.9 Å². The van der Waals surface area contributed by atoms with Crippen molar-refractivity contribution in [2.75, 3.05) is 7.11 Å². The van der Waals surface area contributed by atoms with Crippen LogP contribution in [0.1, 0.15) is 10.4 Å². The molecule has 0 aliphatic heterocycles. The Bertz CT molecular complexity index is 818. The lowest BCUT2D eigenvalue weighted by atomic mass is 10.2. The number of methoxy groups -OCH3 is 1. The fraction of sp³-hybridized carbons (Fsp3) is 0.0714.